The number of nitrogens with one attached hydrogen (secondary N) is 2. The molecule has 39 heavy (non-hydrogen) atoms. The number of aromatic amines is 1. The molecule has 6 rings (SSSR count). The molecule has 0 spiro atoms. The number of benzene rings is 1. The monoisotopic (exact) mass is 516 g/mol. The van der Waals surface area contributed by atoms with Crippen molar-refractivity contribution in [3.8, 4) is 17.5 Å². The molecule has 12 nitrogen and oxygen atoms in total. The lowest BCUT2D eigenvalue weighted by atomic mass is 10.2. The third-order valence-corrected chi connectivity index (χ3v) is 6.02. The van der Waals surface area contributed by atoms with Crippen LogP contribution in [0.15, 0.2) is 78.1 Å². The van der Waals surface area contributed by atoms with E-state index >= 15 is 0 Å². The minimum absolute atomic E-state index is 0.0354. The normalized spacial score (nSPS) is 11.7. The Morgan fingerprint density at radius 2 is 1.87 bits per heavy atom. The first-order chi connectivity index (χ1) is 19.0. The molecule has 12 heteroatoms. The number of fused-ring (bicyclic) bond motifs is 2. The van der Waals surface area contributed by atoms with Crippen LogP contribution in [-0.2, 0) is 0 Å². The largest absolute Gasteiger partial charge is 0.381 e. The van der Waals surface area contributed by atoms with Gasteiger partial charge in [-0.25, -0.2) is 14.5 Å². The second kappa shape index (κ2) is 9.56. The maximum Gasteiger partial charge on any atom is 0.270 e. The van der Waals surface area contributed by atoms with E-state index in [1.54, 1.807) is 62.0 Å². The van der Waals surface area contributed by atoms with E-state index in [0.717, 1.165) is 5.56 Å². The predicted molar refractivity (Wildman–Crippen MR) is 143 cm³/mol. The van der Waals surface area contributed by atoms with Crippen LogP contribution in [0, 0.1) is 11.8 Å². The maximum atomic E-state index is 13.9. The Morgan fingerprint density at radius 3 is 2.67 bits per heavy atom. The fourth-order valence-electron chi connectivity index (χ4n) is 4.23. The number of nitrogens with zero attached hydrogens (tertiary/aromatic N) is 7. The number of aromatic nitrogens is 8. The minimum Gasteiger partial charge on any atom is -0.381 e. The SMILES string of the molecule is C[C@@H](NC(=O)c1c(N)nn2cccnc12)c1nc2[nH]nc(C#Cc3ccncc3)c2c(=O)n1-c1ccccc1. The number of nitrogens with two attached hydrogens (primary N) is 1. The first kappa shape index (κ1) is 23.6. The average molecular weight is 517 g/mol. The highest BCUT2D eigenvalue weighted by molar-refractivity contribution is 6.04. The molecule has 1 amide bonds. The molecular formula is C27H20N10O2. The number of anilines is 1. The molecule has 0 saturated heterocycles. The fraction of sp³-hybridized carbons (Fsp3) is 0.0741. The number of rotatable bonds is 4. The van der Waals surface area contributed by atoms with Crippen LogP contribution in [0.1, 0.15) is 40.4 Å². The van der Waals surface area contributed by atoms with Crippen molar-refractivity contribution in [2.45, 2.75) is 13.0 Å². The number of hydrogen-bond donors (Lipinski definition) is 3. The van der Waals surface area contributed by atoms with Crippen LogP contribution in [0.5, 0.6) is 0 Å². The predicted octanol–water partition coefficient (Wildman–Crippen LogP) is 2.02. The number of carbonyl (C=O) groups is 1. The third kappa shape index (κ3) is 4.23. The molecule has 0 saturated carbocycles. The summed E-state index contributed by atoms with van der Waals surface area (Å²) in [5.74, 6) is 5.76. The zero-order valence-electron chi connectivity index (χ0n) is 20.5. The van der Waals surface area contributed by atoms with E-state index in [4.69, 9.17) is 10.7 Å². The van der Waals surface area contributed by atoms with Crippen LogP contribution in [0.25, 0.3) is 22.4 Å². The van der Waals surface area contributed by atoms with E-state index in [0.29, 0.717) is 11.3 Å². The molecule has 0 aliphatic carbocycles. The Bertz CT molecular complexity index is 1960. The van der Waals surface area contributed by atoms with Crippen LogP contribution in [0.3, 0.4) is 0 Å². The van der Waals surface area contributed by atoms with E-state index < -0.39 is 11.9 Å². The molecule has 1 aromatic carbocycles. The lowest BCUT2D eigenvalue weighted by Crippen LogP contribution is -2.33. The van der Waals surface area contributed by atoms with Crippen molar-refractivity contribution in [2.75, 3.05) is 5.73 Å². The number of H-pyrrole nitrogens is 1. The molecule has 0 radical (unpaired) electrons. The molecular weight excluding hydrogens is 496 g/mol. The second-order valence-corrected chi connectivity index (χ2v) is 8.57. The number of para-hydroxylation sites is 1. The molecule has 190 valence electrons. The maximum absolute atomic E-state index is 13.9. The second-order valence-electron chi connectivity index (χ2n) is 8.57. The number of carbonyl (C=O) groups excluding carboxylic acids is 1. The van der Waals surface area contributed by atoms with Gasteiger partial charge in [0.15, 0.2) is 22.8 Å². The molecule has 0 bridgehead atoms. The van der Waals surface area contributed by atoms with Gasteiger partial charge in [-0.1, -0.05) is 24.1 Å². The van der Waals surface area contributed by atoms with Gasteiger partial charge in [0.05, 0.1) is 11.7 Å². The van der Waals surface area contributed by atoms with Gasteiger partial charge in [-0.05, 0) is 43.2 Å². The summed E-state index contributed by atoms with van der Waals surface area (Å²) in [4.78, 5) is 40.1. The van der Waals surface area contributed by atoms with E-state index in [1.807, 2.05) is 18.2 Å². The Hall–Kier alpha value is -5.83. The van der Waals surface area contributed by atoms with Gasteiger partial charge in [0.1, 0.15) is 16.8 Å². The van der Waals surface area contributed by atoms with Gasteiger partial charge in [-0.3, -0.25) is 24.2 Å². The van der Waals surface area contributed by atoms with Gasteiger partial charge >= 0.3 is 0 Å². The lowest BCUT2D eigenvalue weighted by molar-refractivity contribution is 0.0940. The highest BCUT2D eigenvalue weighted by Gasteiger charge is 2.25. The van der Waals surface area contributed by atoms with Crippen LogP contribution < -0.4 is 16.6 Å². The molecule has 0 unspecified atom stereocenters. The van der Waals surface area contributed by atoms with Crippen LogP contribution in [0.2, 0.25) is 0 Å². The lowest BCUT2D eigenvalue weighted by Gasteiger charge is -2.18. The van der Waals surface area contributed by atoms with Gasteiger partial charge in [0.2, 0.25) is 0 Å². The molecule has 4 N–H and O–H groups in total. The number of amides is 1. The Balaban J connectivity index is 1.45. The molecule has 0 aliphatic rings. The Morgan fingerprint density at radius 1 is 1.08 bits per heavy atom. The quantitative estimate of drug-likeness (QED) is 0.300. The molecule has 5 heterocycles. The highest BCUT2D eigenvalue weighted by atomic mass is 16.2. The topological polar surface area (TPSA) is 162 Å². The Kier molecular flexibility index (Phi) is 5.78. The zero-order chi connectivity index (χ0) is 26.9. The number of pyridine rings is 1. The number of hydrogen-bond acceptors (Lipinski definition) is 8. The average Bonchev–Trinajstić information content (AvgIpc) is 3.52. The number of nitrogen functional groups attached to an aromatic ring is 1. The first-order valence-corrected chi connectivity index (χ1v) is 11.9. The van der Waals surface area contributed by atoms with E-state index in [9.17, 15) is 9.59 Å². The summed E-state index contributed by atoms with van der Waals surface area (Å²) in [5, 5.41) is 14.3. The third-order valence-electron chi connectivity index (χ3n) is 6.02. The summed E-state index contributed by atoms with van der Waals surface area (Å²) < 4.78 is 2.87. The van der Waals surface area contributed by atoms with Gasteiger partial charge in [-0.2, -0.15) is 5.10 Å². The van der Waals surface area contributed by atoms with E-state index in [2.05, 4.69) is 42.4 Å². The highest BCUT2D eigenvalue weighted by Crippen LogP contribution is 2.21. The zero-order valence-corrected chi connectivity index (χ0v) is 20.5. The molecule has 0 aliphatic heterocycles. The van der Waals surface area contributed by atoms with Crippen molar-refractivity contribution in [1.82, 2.24) is 44.6 Å². The van der Waals surface area contributed by atoms with Crippen LogP contribution in [-0.4, -0.2) is 45.2 Å². The van der Waals surface area contributed by atoms with Crippen LogP contribution in [0.4, 0.5) is 5.82 Å². The van der Waals surface area contributed by atoms with Crippen molar-refractivity contribution in [3.63, 3.8) is 0 Å². The van der Waals surface area contributed by atoms with Crippen molar-refractivity contribution < 1.29 is 4.79 Å². The Labute approximate surface area is 220 Å². The fourth-order valence-corrected chi connectivity index (χ4v) is 4.23. The van der Waals surface area contributed by atoms with E-state index in [1.165, 1.54) is 9.08 Å². The van der Waals surface area contributed by atoms with Crippen LogP contribution >= 0.6 is 0 Å². The van der Waals surface area contributed by atoms with Gasteiger partial charge in [0.25, 0.3) is 11.5 Å². The molecule has 1 atom stereocenters. The van der Waals surface area contributed by atoms with Gasteiger partial charge in [-0.15, -0.1) is 5.10 Å². The summed E-state index contributed by atoms with van der Waals surface area (Å²) in [6, 6.07) is 13.5. The summed E-state index contributed by atoms with van der Waals surface area (Å²) in [6.45, 7) is 1.72. The first-order valence-electron chi connectivity index (χ1n) is 11.9. The smallest absolute Gasteiger partial charge is 0.270 e. The summed E-state index contributed by atoms with van der Waals surface area (Å²) in [6.07, 6.45) is 6.46. The summed E-state index contributed by atoms with van der Waals surface area (Å²) in [7, 11) is 0. The summed E-state index contributed by atoms with van der Waals surface area (Å²) in [5.41, 5.74) is 7.90. The van der Waals surface area contributed by atoms with Crippen molar-refractivity contribution in [2.24, 2.45) is 0 Å². The van der Waals surface area contributed by atoms with Crippen molar-refractivity contribution in [1.29, 1.82) is 0 Å². The van der Waals surface area contributed by atoms with Gasteiger partial charge in [0, 0.05) is 30.4 Å². The standard InChI is InChI=1S/C27H20N10O2/c1-16(31-26(38)21-22(28)35-36-15-5-12-30-25(21)36)24-32-23-20(27(39)37(24)18-6-3-2-4-7-18)19(33-34-23)9-8-17-10-13-29-14-11-17/h2-7,10-16H,1H3,(H2,28,35)(H,31,38)(H,33,34)/t16-/m1/s1. The molecule has 5 aromatic heterocycles. The van der Waals surface area contributed by atoms with Crippen molar-refractivity contribution >= 4 is 28.4 Å². The van der Waals surface area contributed by atoms with Gasteiger partial charge < -0.3 is 11.1 Å². The summed E-state index contributed by atoms with van der Waals surface area (Å²) >= 11 is 0. The van der Waals surface area contributed by atoms with Crippen molar-refractivity contribution in [3.05, 3.63) is 106 Å². The molecule has 6 aromatic rings. The minimum atomic E-state index is -0.720. The molecule has 0 fully saturated rings. The van der Waals surface area contributed by atoms with E-state index in [-0.39, 0.29) is 39.5 Å².